The summed E-state index contributed by atoms with van der Waals surface area (Å²) in [5, 5.41) is 0.677. The Kier molecular flexibility index (Phi) is 2.45. The molecule has 96 valence electrons. The van der Waals surface area contributed by atoms with Crippen LogP contribution in [0.25, 0.3) is 0 Å². The number of benzene rings is 1. The Morgan fingerprint density at radius 1 is 1.39 bits per heavy atom. The van der Waals surface area contributed by atoms with Crippen LogP contribution in [0.3, 0.4) is 0 Å². The van der Waals surface area contributed by atoms with Crippen LogP contribution in [0.15, 0.2) is 23.2 Å². The maximum atomic E-state index is 6.30. The van der Waals surface area contributed by atoms with E-state index in [2.05, 4.69) is 11.9 Å². The maximum Gasteiger partial charge on any atom is 0.283 e. The quantitative estimate of drug-likeness (QED) is 0.765. The van der Waals surface area contributed by atoms with Crippen molar-refractivity contribution in [1.82, 2.24) is 0 Å². The summed E-state index contributed by atoms with van der Waals surface area (Å²) in [7, 11) is 0. The lowest BCUT2D eigenvalue weighted by Gasteiger charge is -2.49. The second-order valence-electron chi connectivity index (χ2n) is 5.18. The fourth-order valence-electron chi connectivity index (χ4n) is 2.94. The highest BCUT2D eigenvalue weighted by molar-refractivity contribution is 6.31. The number of anilines is 1. The predicted octanol–water partition coefficient (Wildman–Crippen LogP) is 2.26. The average Bonchev–Trinajstić information content (AvgIpc) is 2.26. The molecule has 2 aliphatic rings. The number of halogens is 1. The molecule has 0 saturated heterocycles. The Balaban J connectivity index is 2.13. The number of hydrogen-bond donors (Lipinski definition) is 2. The van der Waals surface area contributed by atoms with Gasteiger partial charge in [-0.3, -0.25) is 0 Å². The number of fused-ring (bicyclic) bond motifs is 1. The summed E-state index contributed by atoms with van der Waals surface area (Å²) in [5.41, 5.74) is 12.8. The highest BCUT2D eigenvalue weighted by atomic mass is 35.5. The van der Waals surface area contributed by atoms with Crippen molar-refractivity contribution < 1.29 is 4.74 Å². The molecule has 4 nitrogen and oxygen atoms in total. The summed E-state index contributed by atoms with van der Waals surface area (Å²) in [6, 6.07) is 5.74. The van der Waals surface area contributed by atoms with Crippen LogP contribution in [0.5, 0.6) is 0 Å². The summed E-state index contributed by atoms with van der Waals surface area (Å²) in [4.78, 5) is 4.50. The van der Waals surface area contributed by atoms with Crippen molar-refractivity contribution in [1.29, 1.82) is 0 Å². The maximum absolute atomic E-state index is 6.30. The minimum atomic E-state index is -0.433. The van der Waals surface area contributed by atoms with Crippen molar-refractivity contribution in [2.45, 2.75) is 31.4 Å². The topological polar surface area (TPSA) is 73.6 Å². The van der Waals surface area contributed by atoms with Crippen LogP contribution in [-0.2, 0) is 10.3 Å². The van der Waals surface area contributed by atoms with E-state index in [0.717, 1.165) is 18.4 Å². The monoisotopic (exact) mass is 265 g/mol. The molecule has 1 aromatic rings. The van der Waals surface area contributed by atoms with Crippen molar-refractivity contribution >= 4 is 23.3 Å². The Morgan fingerprint density at radius 2 is 2.17 bits per heavy atom. The summed E-state index contributed by atoms with van der Waals surface area (Å²) < 4.78 is 5.53. The molecule has 0 aromatic heterocycles. The van der Waals surface area contributed by atoms with Gasteiger partial charge in [0.15, 0.2) is 0 Å². The van der Waals surface area contributed by atoms with Crippen LogP contribution >= 0.6 is 11.6 Å². The van der Waals surface area contributed by atoms with Crippen LogP contribution in [-0.4, -0.2) is 12.1 Å². The van der Waals surface area contributed by atoms with Gasteiger partial charge in [0, 0.05) is 22.2 Å². The molecule has 3 unspecified atom stereocenters. The second kappa shape index (κ2) is 3.79. The van der Waals surface area contributed by atoms with E-state index in [9.17, 15) is 0 Å². The number of nitrogen functional groups attached to an aromatic ring is 1. The van der Waals surface area contributed by atoms with E-state index in [0.29, 0.717) is 16.6 Å². The molecule has 1 aliphatic carbocycles. The van der Waals surface area contributed by atoms with Gasteiger partial charge < -0.3 is 16.2 Å². The Hall–Kier alpha value is -1.42. The summed E-state index contributed by atoms with van der Waals surface area (Å²) >= 11 is 6.30. The van der Waals surface area contributed by atoms with Crippen molar-refractivity contribution in [3.05, 3.63) is 28.8 Å². The second-order valence-corrected chi connectivity index (χ2v) is 5.58. The Morgan fingerprint density at radius 3 is 2.83 bits per heavy atom. The lowest BCUT2D eigenvalue weighted by molar-refractivity contribution is -0.0287. The molecule has 1 saturated carbocycles. The lowest BCUT2D eigenvalue weighted by atomic mass is 9.66. The molecule has 18 heavy (non-hydrogen) atoms. The molecular weight excluding hydrogens is 250 g/mol. The predicted molar refractivity (Wildman–Crippen MR) is 72.4 cm³/mol. The van der Waals surface area contributed by atoms with Gasteiger partial charge in [0.25, 0.3) is 6.02 Å². The molecule has 0 radical (unpaired) electrons. The van der Waals surface area contributed by atoms with Crippen LogP contribution < -0.4 is 11.5 Å². The van der Waals surface area contributed by atoms with Gasteiger partial charge >= 0.3 is 0 Å². The standard InChI is InChI=1S/C13H16ClN3O/c1-13(9-6-7(15)2-4-10(9)14)8-3-5-11(8)18-12(16)17-13/h2,4,6,8,11H,3,5,15H2,1H3,(H2,16,17). The molecule has 1 heterocycles. The third-order valence-electron chi connectivity index (χ3n) is 4.08. The van der Waals surface area contributed by atoms with Crippen LogP contribution in [0.4, 0.5) is 5.69 Å². The molecule has 3 atom stereocenters. The van der Waals surface area contributed by atoms with Gasteiger partial charge in [-0.15, -0.1) is 0 Å². The minimum Gasteiger partial charge on any atom is -0.462 e. The van der Waals surface area contributed by atoms with Gasteiger partial charge in [-0.05, 0) is 38.0 Å². The number of ether oxygens (including phenoxy) is 1. The molecule has 4 N–H and O–H groups in total. The van der Waals surface area contributed by atoms with Gasteiger partial charge in [-0.25, -0.2) is 4.99 Å². The zero-order valence-corrected chi connectivity index (χ0v) is 10.9. The summed E-state index contributed by atoms with van der Waals surface area (Å²) in [6.07, 6.45) is 2.25. The first kappa shape index (κ1) is 11.7. The van der Waals surface area contributed by atoms with Gasteiger partial charge in [-0.1, -0.05) is 11.6 Å². The molecule has 1 aliphatic heterocycles. The number of aliphatic imine (C=N–C) groups is 1. The zero-order valence-electron chi connectivity index (χ0n) is 10.2. The third kappa shape index (κ3) is 1.56. The number of hydrogen-bond acceptors (Lipinski definition) is 4. The fourth-order valence-corrected chi connectivity index (χ4v) is 3.25. The van der Waals surface area contributed by atoms with Gasteiger partial charge in [0.2, 0.25) is 0 Å². The average molecular weight is 266 g/mol. The smallest absolute Gasteiger partial charge is 0.283 e. The van der Waals surface area contributed by atoms with Crippen molar-refractivity contribution in [3.63, 3.8) is 0 Å². The molecule has 1 fully saturated rings. The van der Waals surface area contributed by atoms with Gasteiger partial charge in [-0.2, -0.15) is 0 Å². The largest absolute Gasteiger partial charge is 0.462 e. The van der Waals surface area contributed by atoms with Crippen molar-refractivity contribution in [2.24, 2.45) is 16.6 Å². The fraction of sp³-hybridized carbons (Fsp3) is 0.462. The van der Waals surface area contributed by atoms with Crippen LogP contribution in [0, 0.1) is 5.92 Å². The van der Waals surface area contributed by atoms with E-state index in [4.69, 9.17) is 27.8 Å². The van der Waals surface area contributed by atoms with E-state index in [-0.39, 0.29) is 12.1 Å². The number of nitrogens with zero attached hydrogens (tertiary/aromatic N) is 1. The van der Waals surface area contributed by atoms with Gasteiger partial charge in [0.05, 0.1) is 5.54 Å². The van der Waals surface area contributed by atoms with Crippen molar-refractivity contribution in [2.75, 3.05) is 5.73 Å². The van der Waals surface area contributed by atoms with E-state index in [1.165, 1.54) is 0 Å². The normalized spacial score (nSPS) is 34.0. The summed E-state index contributed by atoms with van der Waals surface area (Å²) in [6.45, 7) is 2.06. The van der Waals surface area contributed by atoms with E-state index in [1.807, 2.05) is 12.1 Å². The van der Waals surface area contributed by atoms with Gasteiger partial charge in [0.1, 0.15) is 6.10 Å². The van der Waals surface area contributed by atoms with E-state index in [1.54, 1.807) is 6.07 Å². The molecule has 5 heteroatoms. The Bertz CT molecular complexity index is 531. The van der Waals surface area contributed by atoms with E-state index >= 15 is 0 Å². The molecule has 3 rings (SSSR count). The lowest BCUT2D eigenvalue weighted by Crippen LogP contribution is -2.53. The first-order valence-corrected chi connectivity index (χ1v) is 6.46. The highest BCUT2D eigenvalue weighted by Gasteiger charge is 2.51. The zero-order chi connectivity index (χ0) is 12.9. The number of rotatable bonds is 1. The first-order chi connectivity index (χ1) is 8.50. The molecule has 0 spiro atoms. The third-order valence-corrected chi connectivity index (χ3v) is 4.41. The summed E-state index contributed by atoms with van der Waals surface area (Å²) in [5.74, 6) is 0.323. The molecule has 0 bridgehead atoms. The molecule has 0 amide bonds. The molecular formula is C13H16ClN3O. The van der Waals surface area contributed by atoms with Crippen LogP contribution in [0.2, 0.25) is 5.02 Å². The van der Waals surface area contributed by atoms with Crippen molar-refractivity contribution in [3.8, 4) is 0 Å². The first-order valence-electron chi connectivity index (χ1n) is 6.08. The van der Waals surface area contributed by atoms with Crippen LogP contribution in [0.1, 0.15) is 25.3 Å². The SMILES string of the molecule is CC1(c2cc(N)ccc2Cl)N=C(N)OC2CCC21. The molecule has 1 aromatic carbocycles. The minimum absolute atomic E-state index is 0.157. The highest BCUT2D eigenvalue weighted by Crippen LogP contribution is 2.50. The number of nitrogens with two attached hydrogens (primary N) is 2. The number of amidine groups is 1. The Labute approximate surface area is 111 Å². The van der Waals surface area contributed by atoms with E-state index < -0.39 is 5.54 Å².